The van der Waals surface area contributed by atoms with Gasteiger partial charge in [0.25, 0.3) is 0 Å². The largest absolute Gasteiger partial charge is 0.506 e. The molecule has 1 aliphatic carbocycles. The molecule has 108 valence electrons. The van der Waals surface area contributed by atoms with E-state index in [-0.39, 0.29) is 17.2 Å². The zero-order valence-electron chi connectivity index (χ0n) is 10.8. The number of benzene rings is 1. The van der Waals surface area contributed by atoms with Gasteiger partial charge >= 0.3 is 5.97 Å². The number of aromatic hydroxyl groups is 1. The summed E-state index contributed by atoms with van der Waals surface area (Å²) < 4.78 is 11.3. The van der Waals surface area contributed by atoms with Crippen LogP contribution < -0.4 is 9.47 Å². The maximum Gasteiger partial charge on any atom is 0.304 e. The lowest BCUT2D eigenvalue weighted by Crippen LogP contribution is -2.15. The van der Waals surface area contributed by atoms with Gasteiger partial charge in [0.15, 0.2) is 11.5 Å². The van der Waals surface area contributed by atoms with E-state index >= 15 is 0 Å². The van der Waals surface area contributed by atoms with E-state index in [1.54, 1.807) is 0 Å². The summed E-state index contributed by atoms with van der Waals surface area (Å²) in [5.74, 6) is -0.0556. The highest BCUT2D eigenvalue weighted by Crippen LogP contribution is 2.60. The van der Waals surface area contributed by atoms with Crippen LogP contribution in [0.1, 0.15) is 31.2 Å². The molecule has 0 spiro atoms. The lowest BCUT2D eigenvalue weighted by atomic mass is 9.90. The molecule has 0 bridgehead atoms. The molecule has 2 N–H and O–H groups in total. The summed E-state index contributed by atoms with van der Waals surface area (Å²) in [6.07, 6.45) is 2.08. The zero-order valence-corrected chi connectivity index (χ0v) is 11.6. The second-order valence-corrected chi connectivity index (χ2v) is 5.72. The topological polar surface area (TPSA) is 76.0 Å². The van der Waals surface area contributed by atoms with Gasteiger partial charge in [0.2, 0.25) is 0 Å². The van der Waals surface area contributed by atoms with Crippen molar-refractivity contribution in [3.63, 3.8) is 0 Å². The molecule has 2 aliphatic rings. The predicted octanol–water partition coefficient (Wildman–Crippen LogP) is 2.71. The van der Waals surface area contributed by atoms with Crippen LogP contribution in [0.25, 0.3) is 0 Å². The van der Waals surface area contributed by atoms with E-state index in [0.29, 0.717) is 43.1 Å². The van der Waals surface area contributed by atoms with Crippen LogP contribution in [0.4, 0.5) is 0 Å². The van der Waals surface area contributed by atoms with Crippen LogP contribution in [-0.2, 0) is 10.2 Å². The maximum absolute atomic E-state index is 11.1. The number of carboxylic acids is 1. The minimum Gasteiger partial charge on any atom is -0.506 e. The summed E-state index contributed by atoms with van der Waals surface area (Å²) in [5, 5.41) is 19.5. The molecule has 0 unspecified atom stereocenters. The monoisotopic (exact) mass is 298 g/mol. The predicted molar refractivity (Wildman–Crippen MR) is 71.9 cm³/mol. The number of fused-ring (bicyclic) bond motifs is 1. The van der Waals surface area contributed by atoms with E-state index in [4.69, 9.17) is 26.2 Å². The molecule has 1 aliphatic heterocycles. The Morgan fingerprint density at radius 1 is 1.35 bits per heavy atom. The molecule has 0 radical (unpaired) electrons. The van der Waals surface area contributed by atoms with Crippen LogP contribution in [0.5, 0.6) is 17.2 Å². The molecular weight excluding hydrogens is 284 g/mol. The minimum absolute atomic E-state index is 0.0449. The summed E-state index contributed by atoms with van der Waals surface area (Å²) in [6.45, 7) is 0.990. The summed E-state index contributed by atoms with van der Waals surface area (Å²) in [6, 6.07) is 1.53. The highest BCUT2D eigenvalue weighted by Gasteiger charge is 2.50. The Morgan fingerprint density at radius 2 is 2.05 bits per heavy atom. The van der Waals surface area contributed by atoms with Gasteiger partial charge in [-0.1, -0.05) is 11.6 Å². The lowest BCUT2D eigenvalue weighted by molar-refractivity contribution is -0.137. The summed E-state index contributed by atoms with van der Waals surface area (Å²) in [7, 11) is 0. The third-order valence-corrected chi connectivity index (χ3v) is 4.13. The number of hydrogen-bond acceptors (Lipinski definition) is 4. The fraction of sp³-hybridized carbons (Fsp3) is 0.500. The van der Waals surface area contributed by atoms with E-state index in [1.165, 1.54) is 6.07 Å². The maximum atomic E-state index is 11.1. The van der Waals surface area contributed by atoms with E-state index in [2.05, 4.69) is 0 Å². The third-order valence-electron chi connectivity index (χ3n) is 3.84. The molecular formula is C14H15ClO5. The molecule has 6 heteroatoms. The number of halogens is 1. The number of phenols is 1. The first-order chi connectivity index (χ1) is 9.53. The van der Waals surface area contributed by atoms with Gasteiger partial charge in [-0.3, -0.25) is 4.79 Å². The van der Waals surface area contributed by atoms with Gasteiger partial charge in [-0.2, -0.15) is 0 Å². The van der Waals surface area contributed by atoms with Crippen molar-refractivity contribution < 1.29 is 24.5 Å². The zero-order chi connectivity index (χ0) is 14.3. The summed E-state index contributed by atoms with van der Waals surface area (Å²) >= 11 is 6.04. The Balaban J connectivity index is 2.14. The molecule has 0 atom stereocenters. The van der Waals surface area contributed by atoms with Crippen molar-refractivity contribution in [2.45, 2.75) is 31.1 Å². The Hall–Kier alpha value is -1.62. The number of phenolic OH excluding ortho intramolecular Hbond substituents is 1. The first-order valence-corrected chi connectivity index (χ1v) is 6.95. The van der Waals surface area contributed by atoms with Crippen LogP contribution in [0, 0.1) is 0 Å². The Bertz CT molecular complexity index is 565. The van der Waals surface area contributed by atoms with E-state index in [1.807, 2.05) is 0 Å². The van der Waals surface area contributed by atoms with Crippen molar-refractivity contribution in [1.29, 1.82) is 0 Å². The number of carbonyl (C=O) groups is 1. The molecule has 5 nitrogen and oxygen atoms in total. The quantitative estimate of drug-likeness (QED) is 0.897. The molecule has 1 aromatic rings. The minimum atomic E-state index is -0.898. The molecule has 1 aromatic carbocycles. The van der Waals surface area contributed by atoms with Crippen LogP contribution in [0.2, 0.25) is 5.02 Å². The van der Waals surface area contributed by atoms with E-state index in [9.17, 15) is 9.90 Å². The van der Waals surface area contributed by atoms with E-state index in [0.717, 1.165) is 6.42 Å². The average molecular weight is 299 g/mol. The number of rotatable bonds is 3. The highest BCUT2D eigenvalue weighted by atomic mass is 35.5. The Kier molecular flexibility index (Phi) is 3.17. The Morgan fingerprint density at radius 3 is 2.70 bits per heavy atom. The van der Waals surface area contributed by atoms with Crippen molar-refractivity contribution in [2.75, 3.05) is 13.2 Å². The average Bonchev–Trinajstić information content (AvgIpc) is 3.15. The van der Waals surface area contributed by atoms with Crippen molar-refractivity contribution >= 4 is 17.6 Å². The van der Waals surface area contributed by atoms with Gasteiger partial charge in [0.05, 0.1) is 24.7 Å². The third kappa shape index (κ3) is 2.16. The van der Waals surface area contributed by atoms with Crippen LogP contribution in [-0.4, -0.2) is 29.4 Å². The van der Waals surface area contributed by atoms with Crippen molar-refractivity contribution in [3.05, 3.63) is 16.7 Å². The molecule has 0 amide bonds. The van der Waals surface area contributed by atoms with Gasteiger partial charge in [-0.15, -0.1) is 0 Å². The normalized spacial score (nSPS) is 19.2. The highest BCUT2D eigenvalue weighted by molar-refractivity contribution is 6.32. The van der Waals surface area contributed by atoms with Gasteiger partial charge in [-0.25, -0.2) is 0 Å². The van der Waals surface area contributed by atoms with Crippen molar-refractivity contribution in [1.82, 2.24) is 0 Å². The lowest BCUT2D eigenvalue weighted by Gasteiger charge is -2.21. The van der Waals surface area contributed by atoms with Crippen LogP contribution >= 0.6 is 11.6 Å². The SMILES string of the molecule is O=C(O)CC1(c2c(O)c(Cl)cc3c2OCCCO3)CC1. The van der Waals surface area contributed by atoms with Crippen LogP contribution in [0.15, 0.2) is 6.07 Å². The second kappa shape index (κ2) is 4.74. The first-order valence-electron chi connectivity index (χ1n) is 6.57. The molecule has 1 saturated carbocycles. The molecule has 0 saturated heterocycles. The number of ether oxygens (including phenoxy) is 2. The fourth-order valence-corrected chi connectivity index (χ4v) is 2.91. The van der Waals surface area contributed by atoms with E-state index < -0.39 is 11.4 Å². The van der Waals surface area contributed by atoms with Gasteiger partial charge in [-0.05, 0) is 12.8 Å². The molecule has 1 fully saturated rings. The fourth-order valence-electron chi connectivity index (χ4n) is 2.71. The Labute approximate surface area is 121 Å². The smallest absolute Gasteiger partial charge is 0.304 e. The van der Waals surface area contributed by atoms with Gasteiger partial charge in [0, 0.05) is 23.5 Å². The molecule has 20 heavy (non-hydrogen) atoms. The summed E-state index contributed by atoms with van der Waals surface area (Å²) in [5.41, 5.74) is -0.0946. The molecule has 0 aromatic heterocycles. The number of carboxylic acid groups (broad SMARTS) is 1. The van der Waals surface area contributed by atoms with Crippen LogP contribution in [0.3, 0.4) is 0 Å². The summed E-state index contributed by atoms with van der Waals surface area (Å²) in [4.78, 5) is 11.1. The first kappa shape index (κ1) is 13.4. The molecule has 1 heterocycles. The van der Waals surface area contributed by atoms with Crippen molar-refractivity contribution in [3.8, 4) is 17.2 Å². The van der Waals surface area contributed by atoms with Crippen molar-refractivity contribution in [2.24, 2.45) is 0 Å². The van der Waals surface area contributed by atoms with Gasteiger partial charge in [0.1, 0.15) is 5.75 Å². The molecule has 3 rings (SSSR count). The standard InChI is InChI=1S/C14H15ClO5/c15-8-6-9-13(20-5-1-4-19-9)11(12(8)18)14(2-3-14)7-10(16)17/h6,18H,1-5,7H2,(H,16,17). The number of aliphatic carboxylic acids is 1. The second-order valence-electron chi connectivity index (χ2n) is 5.31. The number of hydrogen-bond donors (Lipinski definition) is 2. The van der Waals surface area contributed by atoms with Gasteiger partial charge < -0.3 is 19.7 Å².